The fourth-order valence-corrected chi connectivity index (χ4v) is 4.32. The van der Waals surface area contributed by atoms with Gasteiger partial charge >= 0.3 is 0 Å². The van der Waals surface area contributed by atoms with Gasteiger partial charge in [0.2, 0.25) is 11.8 Å². The summed E-state index contributed by atoms with van der Waals surface area (Å²) >= 11 is 0. The number of likely N-dealkylation sites (tertiary alicyclic amines) is 1. The minimum absolute atomic E-state index is 0.137. The van der Waals surface area contributed by atoms with Crippen molar-refractivity contribution < 1.29 is 9.53 Å². The number of hydrogen-bond acceptors (Lipinski definition) is 5. The predicted octanol–water partition coefficient (Wildman–Crippen LogP) is 3.85. The van der Waals surface area contributed by atoms with E-state index in [1.54, 1.807) is 7.11 Å². The summed E-state index contributed by atoms with van der Waals surface area (Å²) in [5, 5.41) is 0. The highest BCUT2D eigenvalue weighted by Crippen LogP contribution is 2.27. The molecule has 0 aliphatic carbocycles. The van der Waals surface area contributed by atoms with Crippen LogP contribution in [-0.4, -0.2) is 50.9 Å². The number of H-pyrrole nitrogens is 1. The molecule has 3 heterocycles. The largest absolute Gasteiger partial charge is 0.480 e. The van der Waals surface area contributed by atoms with Crippen LogP contribution in [0.5, 0.6) is 5.88 Å². The summed E-state index contributed by atoms with van der Waals surface area (Å²) in [6, 6.07) is 15.7. The van der Waals surface area contributed by atoms with Gasteiger partial charge in [0.05, 0.1) is 29.2 Å². The minimum atomic E-state index is 0.137. The van der Waals surface area contributed by atoms with Crippen LogP contribution in [0.15, 0.2) is 48.5 Å². The smallest absolute Gasteiger partial charge is 0.235 e. The highest BCUT2D eigenvalue weighted by atomic mass is 16.5. The molecule has 5 rings (SSSR count). The molecule has 2 aromatic heterocycles. The number of para-hydroxylation sites is 4. The molecule has 1 N–H and O–H groups in total. The molecule has 1 fully saturated rings. The zero-order chi connectivity index (χ0) is 21.2. The maximum Gasteiger partial charge on any atom is 0.235 e. The second-order valence-electron chi connectivity index (χ2n) is 7.99. The van der Waals surface area contributed by atoms with Crippen LogP contribution in [-0.2, 0) is 11.2 Å². The Labute approximate surface area is 180 Å². The molecule has 4 aromatic rings. The molecule has 158 valence electrons. The number of fused-ring (bicyclic) bond motifs is 2. The van der Waals surface area contributed by atoms with Crippen molar-refractivity contribution in [2.24, 2.45) is 0 Å². The summed E-state index contributed by atoms with van der Waals surface area (Å²) in [6.07, 6.45) is 2.90. The van der Waals surface area contributed by atoms with E-state index in [9.17, 15) is 4.79 Å². The van der Waals surface area contributed by atoms with Crippen LogP contribution in [0, 0.1) is 0 Å². The molecule has 0 radical (unpaired) electrons. The molecule has 1 aliphatic heterocycles. The SMILES string of the molecule is COc1nc2ccccc2nc1CCC(=O)N1CCCC(c2nc3ccccc3[nH]2)C1. The van der Waals surface area contributed by atoms with E-state index in [-0.39, 0.29) is 11.8 Å². The third kappa shape index (κ3) is 3.95. The number of ether oxygens (including phenoxy) is 1. The zero-order valence-corrected chi connectivity index (χ0v) is 17.5. The first-order valence-electron chi connectivity index (χ1n) is 10.7. The molecule has 1 amide bonds. The van der Waals surface area contributed by atoms with Crippen molar-refractivity contribution >= 4 is 28.0 Å². The van der Waals surface area contributed by atoms with Gasteiger partial charge in [0.1, 0.15) is 11.5 Å². The summed E-state index contributed by atoms with van der Waals surface area (Å²) in [7, 11) is 1.59. The standard InChI is InChI=1S/C24H25N5O2/c1-31-24-21(25-17-8-2-5-11-20(17)28-24)12-13-22(30)29-14-6-7-16(15-29)23-26-18-9-3-4-10-19(18)27-23/h2-5,8-11,16H,6-7,12-15H2,1H3,(H,26,27). The van der Waals surface area contributed by atoms with E-state index in [0.717, 1.165) is 53.0 Å². The van der Waals surface area contributed by atoms with Crippen LogP contribution in [0.4, 0.5) is 0 Å². The number of aryl methyl sites for hydroxylation is 1. The van der Waals surface area contributed by atoms with Gasteiger partial charge in [-0.2, -0.15) is 0 Å². The molecular formula is C24H25N5O2. The molecule has 0 saturated carbocycles. The average molecular weight is 415 g/mol. The summed E-state index contributed by atoms with van der Waals surface area (Å²) in [4.78, 5) is 32.3. The highest BCUT2D eigenvalue weighted by Gasteiger charge is 2.27. The molecule has 7 nitrogen and oxygen atoms in total. The van der Waals surface area contributed by atoms with Gasteiger partial charge in [-0.3, -0.25) is 4.79 Å². The lowest BCUT2D eigenvalue weighted by molar-refractivity contribution is -0.132. The van der Waals surface area contributed by atoms with Crippen molar-refractivity contribution in [3.05, 3.63) is 60.0 Å². The quantitative estimate of drug-likeness (QED) is 0.535. The Morgan fingerprint density at radius 3 is 2.58 bits per heavy atom. The second kappa shape index (κ2) is 8.34. The van der Waals surface area contributed by atoms with Gasteiger partial charge in [-0.05, 0) is 37.1 Å². The number of carbonyl (C=O) groups is 1. The number of methoxy groups -OCH3 is 1. The molecule has 2 aromatic carbocycles. The third-order valence-corrected chi connectivity index (χ3v) is 5.94. The first-order chi connectivity index (χ1) is 15.2. The summed E-state index contributed by atoms with van der Waals surface area (Å²) < 4.78 is 5.42. The van der Waals surface area contributed by atoms with Gasteiger partial charge < -0.3 is 14.6 Å². The number of nitrogens with zero attached hydrogens (tertiary/aromatic N) is 4. The number of hydrogen-bond donors (Lipinski definition) is 1. The van der Waals surface area contributed by atoms with Crippen molar-refractivity contribution in [2.75, 3.05) is 20.2 Å². The third-order valence-electron chi connectivity index (χ3n) is 5.94. The van der Waals surface area contributed by atoms with E-state index in [0.29, 0.717) is 25.3 Å². The molecular weight excluding hydrogens is 390 g/mol. The first kappa shape index (κ1) is 19.5. The highest BCUT2D eigenvalue weighted by molar-refractivity contribution is 5.78. The zero-order valence-electron chi connectivity index (χ0n) is 17.5. The number of amides is 1. The van der Waals surface area contributed by atoms with Crippen molar-refractivity contribution in [2.45, 2.75) is 31.6 Å². The average Bonchev–Trinajstić information content (AvgIpc) is 3.26. The molecule has 1 saturated heterocycles. The van der Waals surface area contributed by atoms with Gasteiger partial charge in [-0.1, -0.05) is 24.3 Å². The first-order valence-corrected chi connectivity index (χ1v) is 10.7. The monoisotopic (exact) mass is 415 g/mol. The second-order valence-corrected chi connectivity index (χ2v) is 7.99. The van der Waals surface area contributed by atoms with E-state index < -0.39 is 0 Å². The molecule has 0 spiro atoms. The van der Waals surface area contributed by atoms with Crippen LogP contribution in [0.25, 0.3) is 22.1 Å². The van der Waals surface area contributed by atoms with Gasteiger partial charge in [0.25, 0.3) is 0 Å². The number of piperidine rings is 1. The number of carbonyl (C=O) groups excluding carboxylic acids is 1. The van der Waals surface area contributed by atoms with Gasteiger partial charge in [-0.15, -0.1) is 0 Å². The number of nitrogens with one attached hydrogen (secondary N) is 1. The maximum atomic E-state index is 13.0. The minimum Gasteiger partial charge on any atom is -0.480 e. The number of benzene rings is 2. The summed E-state index contributed by atoms with van der Waals surface area (Å²) in [5.41, 5.74) is 4.35. The summed E-state index contributed by atoms with van der Waals surface area (Å²) in [6.45, 7) is 1.48. The summed E-state index contributed by atoms with van der Waals surface area (Å²) in [5.74, 6) is 1.84. The Morgan fingerprint density at radius 1 is 1.06 bits per heavy atom. The van der Waals surface area contributed by atoms with E-state index >= 15 is 0 Å². The lowest BCUT2D eigenvalue weighted by Gasteiger charge is -2.32. The van der Waals surface area contributed by atoms with Crippen molar-refractivity contribution in [1.82, 2.24) is 24.8 Å². The Hall–Kier alpha value is -3.48. The van der Waals surface area contributed by atoms with E-state index in [2.05, 4.69) is 15.0 Å². The fourth-order valence-electron chi connectivity index (χ4n) is 4.32. The molecule has 1 unspecified atom stereocenters. The topological polar surface area (TPSA) is 84.0 Å². The lowest BCUT2D eigenvalue weighted by atomic mass is 9.97. The maximum absolute atomic E-state index is 13.0. The normalized spacial score (nSPS) is 16.7. The molecule has 7 heteroatoms. The molecule has 0 bridgehead atoms. The van der Waals surface area contributed by atoms with Gasteiger partial charge in [-0.25, -0.2) is 15.0 Å². The molecule has 1 aliphatic rings. The van der Waals surface area contributed by atoms with E-state index in [1.165, 1.54) is 0 Å². The fraction of sp³-hybridized carbons (Fsp3) is 0.333. The van der Waals surface area contributed by atoms with Crippen LogP contribution in [0.1, 0.15) is 36.7 Å². The van der Waals surface area contributed by atoms with Crippen LogP contribution in [0.2, 0.25) is 0 Å². The Balaban J connectivity index is 1.27. The van der Waals surface area contributed by atoms with E-state index in [1.807, 2.05) is 53.4 Å². The van der Waals surface area contributed by atoms with Crippen LogP contribution < -0.4 is 4.74 Å². The van der Waals surface area contributed by atoms with Crippen molar-refractivity contribution in [1.29, 1.82) is 0 Å². The molecule has 31 heavy (non-hydrogen) atoms. The molecule has 1 atom stereocenters. The number of aromatic amines is 1. The van der Waals surface area contributed by atoms with Crippen molar-refractivity contribution in [3.8, 4) is 5.88 Å². The van der Waals surface area contributed by atoms with E-state index in [4.69, 9.17) is 9.72 Å². The van der Waals surface area contributed by atoms with Crippen molar-refractivity contribution in [3.63, 3.8) is 0 Å². The Bertz CT molecular complexity index is 1200. The van der Waals surface area contributed by atoms with Gasteiger partial charge in [0, 0.05) is 31.8 Å². The number of aromatic nitrogens is 4. The number of rotatable bonds is 5. The van der Waals surface area contributed by atoms with Crippen LogP contribution >= 0.6 is 0 Å². The van der Waals surface area contributed by atoms with Gasteiger partial charge in [0.15, 0.2) is 0 Å². The number of imidazole rings is 1. The van der Waals surface area contributed by atoms with Crippen LogP contribution in [0.3, 0.4) is 0 Å². The Morgan fingerprint density at radius 2 is 1.81 bits per heavy atom. The predicted molar refractivity (Wildman–Crippen MR) is 119 cm³/mol. The lowest BCUT2D eigenvalue weighted by Crippen LogP contribution is -2.39. The Kier molecular flexibility index (Phi) is 5.24.